The molecule has 17 heavy (non-hydrogen) atoms. The van der Waals surface area contributed by atoms with Crippen LogP contribution < -0.4 is 4.90 Å². The summed E-state index contributed by atoms with van der Waals surface area (Å²) >= 11 is 0. The van der Waals surface area contributed by atoms with E-state index in [-0.39, 0.29) is 0 Å². The van der Waals surface area contributed by atoms with E-state index < -0.39 is 6.10 Å². The van der Waals surface area contributed by atoms with Crippen LogP contribution in [0.25, 0.3) is 0 Å². The normalized spacial score (nSPS) is 22.5. The summed E-state index contributed by atoms with van der Waals surface area (Å²) in [5.41, 5.74) is 0.948. The number of anilines is 1. The second kappa shape index (κ2) is 5.50. The molecule has 2 rings (SSSR count). The fourth-order valence-electron chi connectivity index (χ4n) is 2.59. The van der Waals surface area contributed by atoms with Gasteiger partial charge in [-0.15, -0.1) is 0 Å². The number of pyridine rings is 1. The van der Waals surface area contributed by atoms with E-state index in [0.717, 1.165) is 30.4 Å². The molecule has 1 aromatic rings. The molecule has 1 aliphatic rings. The monoisotopic (exact) mass is 234 g/mol. The van der Waals surface area contributed by atoms with Crippen LogP contribution in [0.15, 0.2) is 18.3 Å². The van der Waals surface area contributed by atoms with E-state index >= 15 is 0 Å². The maximum absolute atomic E-state index is 9.79. The van der Waals surface area contributed by atoms with Crippen molar-refractivity contribution >= 4 is 5.82 Å². The quantitative estimate of drug-likeness (QED) is 0.873. The van der Waals surface area contributed by atoms with E-state index in [9.17, 15) is 5.11 Å². The lowest BCUT2D eigenvalue weighted by Crippen LogP contribution is -2.36. The van der Waals surface area contributed by atoms with E-state index in [0.29, 0.717) is 0 Å². The summed E-state index contributed by atoms with van der Waals surface area (Å²) < 4.78 is 0. The lowest BCUT2D eigenvalue weighted by Gasteiger charge is -2.34. The van der Waals surface area contributed by atoms with Crippen LogP contribution in [0.1, 0.15) is 44.8 Å². The standard InChI is InChI=1S/C14H22N2O/c1-3-12-6-5-9-16(10-12)14-13(11(2)17)7-4-8-15-14/h4,7-8,11-12,17H,3,5-6,9-10H2,1-2H3/t11-,12?/m0/s1. The van der Waals surface area contributed by atoms with Crippen LogP contribution in [0.3, 0.4) is 0 Å². The van der Waals surface area contributed by atoms with Crippen molar-refractivity contribution < 1.29 is 5.11 Å². The highest BCUT2D eigenvalue weighted by Crippen LogP contribution is 2.28. The Morgan fingerprint density at radius 3 is 3.12 bits per heavy atom. The summed E-state index contributed by atoms with van der Waals surface area (Å²) in [6.45, 7) is 6.20. The van der Waals surface area contributed by atoms with Crippen molar-refractivity contribution in [3.63, 3.8) is 0 Å². The molecule has 1 aliphatic heterocycles. The minimum atomic E-state index is -0.444. The van der Waals surface area contributed by atoms with Crippen LogP contribution in [0.4, 0.5) is 5.82 Å². The van der Waals surface area contributed by atoms with Gasteiger partial charge in [0.05, 0.1) is 6.10 Å². The van der Waals surface area contributed by atoms with Gasteiger partial charge in [-0.2, -0.15) is 0 Å². The Morgan fingerprint density at radius 2 is 2.41 bits per heavy atom. The van der Waals surface area contributed by atoms with Gasteiger partial charge in [0.1, 0.15) is 5.82 Å². The Labute approximate surface area is 103 Å². The second-order valence-electron chi connectivity index (χ2n) is 4.95. The van der Waals surface area contributed by atoms with Crippen molar-refractivity contribution in [1.82, 2.24) is 4.98 Å². The molecule has 1 fully saturated rings. The first kappa shape index (κ1) is 12.4. The van der Waals surface area contributed by atoms with Gasteiger partial charge in [0.25, 0.3) is 0 Å². The van der Waals surface area contributed by atoms with Crippen molar-refractivity contribution in [3.05, 3.63) is 23.9 Å². The smallest absolute Gasteiger partial charge is 0.134 e. The van der Waals surface area contributed by atoms with E-state index in [2.05, 4.69) is 16.8 Å². The molecule has 0 spiro atoms. The van der Waals surface area contributed by atoms with Gasteiger partial charge >= 0.3 is 0 Å². The molecule has 0 amide bonds. The molecule has 1 unspecified atom stereocenters. The molecule has 0 radical (unpaired) electrons. The zero-order valence-corrected chi connectivity index (χ0v) is 10.8. The van der Waals surface area contributed by atoms with Crippen LogP contribution >= 0.6 is 0 Å². The highest BCUT2D eigenvalue weighted by atomic mass is 16.3. The molecule has 2 atom stereocenters. The molecule has 0 bridgehead atoms. The highest BCUT2D eigenvalue weighted by molar-refractivity contribution is 5.48. The van der Waals surface area contributed by atoms with Gasteiger partial charge < -0.3 is 10.0 Å². The molecule has 2 heterocycles. The lowest BCUT2D eigenvalue weighted by molar-refractivity contribution is 0.199. The number of piperidine rings is 1. The number of aromatic nitrogens is 1. The molecule has 1 aromatic heterocycles. The number of aliphatic hydroxyl groups excluding tert-OH is 1. The third-order valence-electron chi connectivity index (χ3n) is 3.66. The molecule has 0 saturated carbocycles. The van der Waals surface area contributed by atoms with Gasteiger partial charge in [-0.1, -0.05) is 19.4 Å². The Balaban J connectivity index is 2.21. The van der Waals surface area contributed by atoms with Gasteiger partial charge in [0.2, 0.25) is 0 Å². The van der Waals surface area contributed by atoms with E-state index in [1.54, 1.807) is 0 Å². The van der Waals surface area contributed by atoms with Gasteiger partial charge in [-0.25, -0.2) is 4.98 Å². The lowest BCUT2D eigenvalue weighted by atomic mass is 9.95. The topological polar surface area (TPSA) is 36.4 Å². The minimum absolute atomic E-state index is 0.444. The average Bonchev–Trinajstić information content (AvgIpc) is 2.39. The molecule has 3 nitrogen and oxygen atoms in total. The molecule has 3 heteroatoms. The highest BCUT2D eigenvalue weighted by Gasteiger charge is 2.22. The van der Waals surface area contributed by atoms with Crippen LogP contribution in [0, 0.1) is 5.92 Å². The summed E-state index contributed by atoms with van der Waals surface area (Å²) in [6.07, 6.45) is 5.16. The van der Waals surface area contributed by atoms with Crippen molar-refractivity contribution in [2.75, 3.05) is 18.0 Å². The Kier molecular flexibility index (Phi) is 4.00. The first-order valence-corrected chi connectivity index (χ1v) is 6.60. The average molecular weight is 234 g/mol. The summed E-state index contributed by atoms with van der Waals surface area (Å²) in [7, 11) is 0. The Morgan fingerprint density at radius 1 is 1.59 bits per heavy atom. The largest absolute Gasteiger partial charge is 0.389 e. The van der Waals surface area contributed by atoms with E-state index in [1.165, 1.54) is 19.3 Å². The fraction of sp³-hybridized carbons (Fsp3) is 0.643. The van der Waals surface area contributed by atoms with Gasteiger partial charge in [-0.05, 0) is 31.7 Å². The SMILES string of the molecule is CCC1CCCN(c2ncccc2[C@H](C)O)C1. The third-order valence-corrected chi connectivity index (χ3v) is 3.66. The minimum Gasteiger partial charge on any atom is -0.389 e. The number of aliphatic hydroxyl groups is 1. The van der Waals surface area contributed by atoms with Crippen molar-refractivity contribution in [3.8, 4) is 0 Å². The molecule has 94 valence electrons. The predicted molar refractivity (Wildman–Crippen MR) is 70.1 cm³/mol. The molecule has 0 aliphatic carbocycles. The van der Waals surface area contributed by atoms with Gasteiger partial charge in [0, 0.05) is 24.8 Å². The van der Waals surface area contributed by atoms with Crippen LogP contribution in [0.5, 0.6) is 0 Å². The Bertz CT molecular complexity index is 365. The van der Waals surface area contributed by atoms with Gasteiger partial charge in [0.15, 0.2) is 0 Å². The number of nitrogens with zero attached hydrogens (tertiary/aromatic N) is 2. The maximum atomic E-state index is 9.79. The van der Waals surface area contributed by atoms with Gasteiger partial charge in [-0.3, -0.25) is 0 Å². The van der Waals surface area contributed by atoms with Crippen LogP contribution in [-0.2, 0) is 0 Å². The zero-order valence-electron chi connectivity index (χ0n) is 10.8. The van der Waals surface area contributed by atoms with Crippen LogP contribution in [0.2, 0.25) is 0 Å². The van der Waals surface area contributed by atoms with Crippen molar-refractivity contribution in [1.29, 1.82) is 0 Å². The fourth-order valence-corrected chi connectivity index (χ4v) is 2.59. The number of hydrogen-bond acceptors (Lipinski definition) is 3. The number of rotatable bonds is 3. The molecule has 1 N–H and O–H groups in total. The van der Waals surface area contributed by atoms with Crippen LogP contribution in [-0.4, -0.2) is 23.2 Å². The Hall–Kier alpha value is -1.09. The summed E-state index contributed by atoms with van der Waals surface area (Å²) in [6, 6.07) is 3.87. The van der Waals surface area contributed by atoms with E-state index in [4.69, 9.17) is 0 Å². The first-order valence-electron chi connectivity index (χ1n) is 6.60. The first-order chi connectivity index (χ1) is 8.22. The molecular formula is C14H22N2O. The van der Waals surface area contributed by atoms with Crippen molar-refractivity contribution in [2.45, 2.75) is 39.2 Å². The summed E-state index contributed by atoms with van der Waals surface area (Å²) in [4.78, 5) is 6.79. The zero-order chi connectivity index (χ0) is 12.3. The molecular weight excluding hydrogens is 212 g/mol. The third kappa shape index (κ3) is 2.78. The van der Waals surface area contributed by atoms with Crippen molar-refractivity contribution in [2.24, 2.45) is 5.92 Å². The summed E-state index contributed by atoms with van der Waals surface area (Å²) in [5.74, 6) is 1.74. The molecule has 0 aromatic carbocycles. The summed E-state index contributed by atoms with van der Waals surface area (Å²) in [5, 5.41) is 9.79. The number of hydrogen-bond donors (Lipinski definition) is 1. The molecule has 1 saturated heterocycles. The second-order valence-corrected chi connectivity index (χ2v) is 4.95. The predicted octanol–water partition coefficient (Wildman–Crippen LogP) is 2.76. The maximum Gasteiger partial charge on any atom is 0.134 e. The van der Waals surface area contributed by atoms with E-state index in [1.807, 2.05) is 25.3 Å².